The third-order valence-electron chi connectivity index (χ3n) is 5.16. The van der Waals surface area contributed by atoms with Crippen molar-refractivity contribution in [3.05, 3.63) is 41.2 Å². The highest BCUT2D eigenvalue weighted by Crippen LogP contribution is 2.25. The van der Waals surface area contributed by atoms with Crippen LogP contribution in [0.1, 0.15) is 36.2 Å². The van der Waals surface area contributed by atoms with Gasteiger partial charge >= 0.3 is 0 Å². The highest BCUT2D eigenvalue weighted by molar-refractivity contribution is 7.13. The number of aromatic nitrogens is 1. The lowest BCUT2D eigenvalue weighted by Crippen LogP contribution is -2.46. The number of anilines is 2. The number of carbonyl (C=O) groups is 1. The maximum Gasteiger partial charge on any atom is 0.271 e. The lowest BCUT2D eigenvalue weighted by Gasteiger charge is -2.36. The summed E-state index contributed by atoms with van der Waals surface area (Å²) in [5.41, 5.74) is 1.16. The Labute approximate surface area is 156 Å². The van der Waals surface area contributed by atoms with Gasteiger partial charge in [-0.3, -0.25) is 4.79 Å². The number of benzene rings is 1. The third kappa shape index (κ3) is 3.67. The summed E-state index contributed by atoms with van der Waals surface area (Å²) < 4.78 is 13.9. The van der Waals surface area contributed by atoms with Crippen molar-refractivity contribution < 1.29 is 9.18 Å². The van der Waals surface area contributed by atoms with Crippen LogP contribution < -0.4 is 15.1 Å². The molecule has 1 aromatic heterocycles. The average molecular weight is 374 g/mol. The minimum atomic E-state index is -0.180. The summed E-state index contributed by atoms with van der Waals surface area (Å²) in [7, 11) is 0. The number of para-hydroxylation sites is 1. The average Bonchev–Trinajstić information content (AvgIpc) is 3.34. The van der Waals surface area contributed by atoms with Crippen LogP contribution in [-0.2, 0) is 0 Å². The van der Waals surface area contributed by atoms with E-state index in [2.05, 4.69) is 20.1 Å². The van der Waals surface area contributed by atoms with Crippen LogP contribution in [-0.4, -0.2) is 43.1 Å². The van der Waals surface area contributed by atoms with Gasteiger partial charge < -0.3 is 15.1 Å². The minimum absolute atomic E-state index is 0.0654. The normalized spacial score (nSPS) is 18.3. The van der Waals surface area contributed by atoms with Gasteiger partial charge in [0.05, 0.1) is 5.69 Å². The summed E-state index contributed by atoms with van der Waals surface area (Å²) in [6.07, 6.45) is 4.53. The topological polar surface area (TPSA) is 48.5 Å². The summed E-state index contributed by atoms with van der Waals surface area (Å²) >= 11 is 1.50. The van der Waals surface area contributed by atoms with Gasteiger partial charge in [0.1, 0.15) is 11.5 Å². The van der Waals surface area contributed by atoms with E-state index in [4.69, 9.17) is 0 Å². The Balaban J connectivity index is 1.35. The van der Waals surface area contributed by atoms with Crippen molar-refractivity contribution in [3.63, 3.8) is 0 Å². The van der Waals surface area contributed by atoms with Crippen LogP contribution in [0.2, 0.25) is 0 Å². The van der Waals surface area contributed by atoms with Crippen LogP contribution >= 0.6 is 11.3 Å². The summed E-state index contributed by atoms with van der Waals surface area (Å²) in [5.74, 6) is -0.245. The van der Waals surface area contributed by atoms with Crippen molar-refractivity contribution in [2.24, 2.45) is 0 Å². The molecule has 2 aliphatic rings. The van der Waals surface area contributed by atoms with E-state index in [0.717, 1.165) is 44.2 Å². The van der Waals surface area contributed by atoms with E-state index in [0.29, 0.717) is 17.4 Å². The second-order valence-electron chi connectivity index (χ2n) is 6.90. The zero-order chi connectivity index (χ0) is 17.9. The molecule has 1 saturated carbocycles. The van der Waals surface area contributed by atoms with Gasteiger partial charge in [0.15, 0.2) is 5.13 Å². The zero-order valence-corrected chi connectivity index (χ0v) is 15.5. The fourth-order valence-corrected chi connectivity index (χ4v) is 4.55. The number of nitrogens with one attached hydrogen (secondary N) is 1. The van der Waals surface area contributed by atoms with Crippen LogP contribution in [0.4, 0.5) is 15.2 Å². The van der Waals surface area contributed by atoms with Gasteiger partial charge in [0.25, 0.3) is 5.91 Å². The summed E-state index contributed by atoms with van der Waals surface area (Å²) in [4.78, 5) is 21.1. The highest BCUT2D eigenvalue weighted by atomic mass is 32.1. The monoisotopic (exact) mass is 374 g/mol. The number of amides is 1. The molecule has 1 aliphatic heterocycles. The molecule has 0 atom stereocenters. The molecule has 1 aromatic carbocycles. The largest absolute Gasteiger partial charge is 0.366 e. The molecule has 7 heteroatoms. The molecule has 1 aliphatic carbocycles. The lowest BCUT2D eigenvalue weighted by atomic mass is 10.2. The van der Waals surface area contributed by atoms with Crippen molar-refractivity contribution in [2.45, 2.75) is 31.7 Å². The lowest BCUT2D eigenvalue weighted by molar-refractivity contribution is 0.0933. The molecule has 138 valence electrons. The molecule has 4 rings (SSSR count). The fourth-order valence-electron chi connectivity index (χ4n) is 3.69. The van der Waals surface area contributed by atoms with Crippen molar-refractivity contribution in [1.29, 1.82) is 0 Å². The quantitative estimate of drug-likeness (QED) is 0.892. The first kappa shape index (κ1) is 17.3. The highest BCUT2D eigenvalue weighted by Gasteiger charge is 2.23. The molecule has 1 saturated heterocycles. The first-order valence-corrected chi connectivity index (χ1v) is 10.1. The molecule has 0 spiro atoms. The number of nitrogens with zero attached hydrogens (tertiary/aromatic N) is 3. The van der Waals surface area contributed by atoms with Crippen molar-refractivity contribution in [1.82, 2.24) is 10.3 Å². The van der Waals surface area contributed by atoms with E-state index in [1.165, 1.54) is 30.2 Å². The molecule has 26 heavy (non-hydrogen) atoms. The van der Waals surface area contributed by atoms with Gasteiger partial charge in [-0.25, -0.2) is 9.37 Å². The number of halogens is 1. The van der Waals surface area contributed by atoms with Crippen molar-refractivity contribution in [2.75, 3.05) is 36.0 Å². The van der Waals surface area contributed by atoms with E-state index in [-0.39, 0.29) is 11.7 Å². The maximum atomic E-state index is 13.9. The maximum absolute atomic E-state index is 13.9. The number of rotatable bonds is 4. The SMILES string of the molecule is O=C(NC1CCCC1)c1csc(N2CCN(c3ccccc3F)CC2)n1. The molecule has 2 aromatic rings. The van der Waals surface area contributed by atoms with E-state index in [1.807, 2.05) is 17.5 Å². The van der Waals surface area contributed by atoms with Crippen LogP contribution in [0.3, 0.4) is 0 Å². The van der Waals surface area contributed by atoms with Crippen LogP contribution in [0, 0.1) is 5.82 Å². The summed E-state index contributed by atoms with van der Waals surface area (Å²) in [6, 6.07) is 7.19. The van der Waals surface area contributed by atoms with Crippen LogP contribution in [0.25, 0.3) is 0 Å². The number of thiazole rings is 1. The third-order valence-corrected chi connectivity index (χ3v) is 6.06. The Morgan fingerprint density at radius 1 is 1.12 bits per heavy atom. The molecular weight excluding hydrogens is 351 g/mol. The predicted molar refractivity (Wildman–Crippen MR) is 103 cm³/mol. The van der Waals surface area contributed by atoms with Crippen LogP contribution in [0.5, 0.6) is 0 Å². The Kier molecular flexibility index (Phi) is 5.06. The van der Waals surface area contributed by atoms with Gasteiger partial charge in [0.2, 0.25) is 0 Å². The van der Waals surface area contributed by atoms with E-state index >= 15 is 0 Å². The molecule has 5 nitrogen and oxygen atoms in total. The smallest absolute Gasteiger partial charge is 0.271 e. The number of hydrogen-bond donors (Lipinski definition) is 1. The molecule has 1 amide bonds. The van der Waals surface area contributed by atoms with Gasteiger partial charge in [0, 0.05) is 37.6 Å². The first-order chi connectivity index (χ1) is 12.7. The standard InChI is InChI=1S/C19H23FN4OS/c20-15-7-3-4-8-17(15)23-9-11-24(12-10-23)19-22-16(13-26-19)18(25)21-14-5-1-2-6-14/h3-4,7-8,13-14H,1-2,5-6,9-12H2,(H,21,25). The first-order valence-electron chi connectivity index (χ1n) is 9.21. The van der Waals surface area contributed by atoms with E-state index in [1.54, 1.807) is 6.07 Å². The zero-order valence-electron chi connectivity index (χ0n) is 14.7. The Bertz CT molecular complexity index is 766. The molecule has 0 unspecified atom stereocenters. The Morgan fingerprint density at radius 3 is 2.54 bits per heavy atom. The Morgan fingerprint density at radius 2 is 1.81 bits per heavy atom. The summed E-state index contributed by atoms with van der Waals surface area (Å²) in [6.45, 7) is 3.02. The molecule has 2 fully saturated rings. The van der Waals surface area contributed by atoms with Crippen molar-refractivity contribution in [3.8, 4) is 0 Å². The molecule has 0 radical (unpaired) electrons. The molecular formula is C19H23FN4OS. The molecule has 0 bridgehead atoms. The van der Waals surface area contributed by atoms with Gasteiger partial charge in [-0.15, -0.1) is 11.3 Å². The number of piperazine rings is 1. The molecule has 1 N–H and O–H groups in total. The van der Waals surface area contributed by atoms with Gasteiger partial charge in [-0.05, 0) is 25.0 Å². The predicted octanol–water partition coefficient (Wildman–Crippen LogP) is 3.28. The van der Waals surface area contributed by atoms with Gasteiger partial charge in [-0.1, -0.05) is 25.0 Å². The second kappa shape index (κ2) is 7.61. The minimum Gasteiger partial charge on any atom is -0.366 e. The van der Waals surface area contributed by atoms with Crippen LogP contribution in [0.15, 0.2) is 29.6 Å². The number of carbonyl (C=O) groups excluding carboxylic acids is 1. The second-order valence-corrected chi connectivity index (χ2v) is 7.73. The van der Waals surface area contributed by atoms with Gasteiger partial charge in [-0.2, -0.15) is 0 Å². The Hall–Kier alpha value is -2.15. The molecule has 2 heterocycles. The fraction of sp³-hybridized carbons (Fsp3) is 0.474. The van der Waals surface area contributed by atoms with E-state index < -0.39 is 0 Å². The summed E-state index contributed by atoms with van der Waals surface area (Å²) in [5, 5.41) is 5.79. The number of hydrogen-bond acceptors (Lipinski definition) is 5. The van der Waals surface area contributed by atoms with E-state index in [9.17, 15) is 9.18 Å². The van der Waals surface area contributed by atoms with Crippen molar-refractivity contribution >= 4 is 28.1 Å².